The first kappa shape index (κ1) is 13.9. The molecule has 2 rings (SSSR count). The van der Waals surface area contributed by atoms with E-state index in [2.05, 4.69) is 0 Å². The van der Waals surface area contributed by atoms with E-state index in [-0.39, 0.29) is 0 Å². The minimum atomic E-state index is -0.773. The first-order valence-corrected chi connectivity index (χ1v) is 6.83. The lowest BCUT2D eigenvalue weighted by molar-refractivity contribution is -0.143. The second-order valence-corrected chi connectivity index (χ2v) is 4.94. The maximum Gasteiger partial charge on any atom is 0.325 e. The third-order valence-corrected chi connectivity index (χ3v) is 3.55. The van der Waals surface area contributed by atoms with Gasteiger partial charge in [0.2, 0.25) is 0 Å². The van der Waals surface area contributed by atoms with Crippen LogP contribution in [0.5, 0.6) is 5.75 Å². The van der Waals surface area contributed by atoms with E-state index >= 15 is 0 Å². The van der Waals surface area contributed by atoms with Gasteiger partial charge < -0.3 is 9.84 Å². The van der Waals surface area contributed by atoms with Crippen LogP contribution in [0.3, 0.4) is 0 Å². The molecule has 1 aliphatic heterocycles. The summed E-state index contributed by atoms with van der Waals surface area (Å²) in [6.07, 6.45) is 2.17. The zero-order chi connectivity index (χ0) is 13.8. The molecule has 0 saturated carbocycles. The van der Waals surface area contributed by atoms with Crippen LogP contribution < -0.4 is 4.74 Å². The van der Waals surface area contributed by atoms with Gasteiger partial charge in [-0.15, -0.1) is 0 Å². The molecule has 0 amide bonds. The van der Waals surface area contributed by atoms with E-state index in [4.69, 9.17) is 4.74 Å². The number of hydrogen-bond acceptors (Lipinski definition) is 3. The van der Waals surface area contributed by atoms with Crippen LogP contribution in [0, 0.1) is 6.92 Å². The summed E-state index contributed by atoms with van der Waals surface area (Å²) in [7, 11) is 0. The highest BCUT2D eigenvalue weighted by Gasteiger charge is 2.29. The van der Waals surface area contributed by atoms with E-state index < -0.39 is 12.0 Å². The van der Waals surface area contributed by atoms with Crippen molar-refractivity contribution in [2.75, 3.05) is 19.7 Å². The van der Waals surface area contributed by atoms with Crippen LogP contribution in [0.2, 0.25) is 0 Å². The Balaban J connectivity index is 2.26. The molecule has 4 nitrogen and oxygen atoms in total. The predicted molar refractivity (Wildman–Crippen MR) is 73.5 cm³/mol. The van der Waals surface area contributed by atoms with Crippen molar-refractivity contribution in [1.29, 1.82) is 0 Å². The number of aliphatic carboxylic acids is 1. The standard InChI is InChI=1S/C15H21NO3/c1-3-19-13-7-6-12(10-11(13)2)14(15(17)18)16-8-4-5-9-16/h6-7,10,14H,3-5,8-9H2,1-2H3,(H,17,18). The highest BCUT2D eigenvalue weighted by molar-refractivity contribution is 5.75. The summed E-state index contributed by atoms with van der Waals surface area (Å²) in [5, 5.41) is 9.48. The largest absolute Gasteiger partial charge is 0.494 e. The summed E-state index contributed by atoms with van der Waals surface area (Å²) in [6.45, 7) is 6.25. The molecule has 0 aliphatic carbocycles. The Kier molecular flexibility index (Phi) is 4.43. The number of carboxylic acid groups (broad SMARTS) is 1. The van der Waals surface area contributed by atoms with Crippen LogP contribution in [0.15, 0.2) is 18.2 Å². The molecule has 0 radical (unpaired) electrons. The van der Waals surface area contributed by atoms with E-state index in [1.807, 2.05) is 36.9 Å². The number of likely N-dealkylation sites (tertiary alicyclic amines) is 1. The minimum Gasteiger partial charge on any atom is -0.494 e. The average Bonchev–Trinajstić information content (AvgIpc) is 2.86. The van der Waals surface area contributed by atoms with Crippen molar-refractivity contribution in [3.05, 3.63) is 29.3 Å². The fraction of sp³-hybridized carbons (Fsp3) is 0.533. The molecular formula is C15H21NO3. The molecule has 1 fully saturated rings. The maximum atomic E-state index is 11.5. The van der Waals surface area contributed by atoms with Gasteiger partial charge in [0.25, 0.3) is 0 Å². The van der Waals surface area contributed by atoms with Crippen LogP contribution in [-0.2, 0) is 4.79 Å². The monoisotopic (exact) mass is 263 g/mol. The van der Waals surface area contributed by atoms with Crippen molar-refractivity contribution in [3.63, 3.8) is 0 Å². The fourth-order valence-electron chi connectivity index (χ4n) is 2.67. The highest BCUT2D eigenvalue weighted by Crippen LogP contribution is 2.29. The molecule has 1 aromatic carbocycles. The van der Waals surface area contributed by atoms with E-state index in [1.54, 1.807) is 0 Å². The summed E-state index contributed by atoms with van der Waals surface area (Å²) in [5.74, 6) is 0.0577. The lowest BCUT2D eigenvalue weighted by Crippen LogP contribution is -2.31. The zero-order valence-electron chi connectivity index (χ0n) is 11.6. The first-order valence-electron chi connectivity index (χ1n) is 6.83. The summed E-state index contributed by atoms with van der Waals surface area (Å²) in [4.78, 5) is 13.6. The Hall–Kier alpha value is -1.55. The molecule has 0 bridgehead atoms. The second-order valence-electron chi connectivity index (χ2n) is 4.94. The Morgan fingerprint density at radius 1 is 1.42 bits per heavy atom. The van der Waals surface area contributed by atoms with Crippen LogP contribution in [0.1, 0.15) is 36.9 Å². The van der Waals surface area contributed by atoms with Gasteiger partial charge in [-0.25, -0.2) is 0 Å². The molecule has 1 saturated heterocycles. The van der Waals surface area contributed by atoms with Crippen LogP contribution in [0.4, 0.5) is 0 Å². The number of rotatable bonds is 5. The number of hydrogen-bond donors (Lipinski definition) is 1. The Bertz CT molecular complexity index is 453. The van der Waals surface area contributed by atoms with E-state index in [0.29, 0.717) is 6.61 Å². The molecular weight excluding hydrogens is 242 g/mol. The number of carboxylic acids is 1. The lowest BCUT2D eigenvalue weighted by Gasteiger charge is -2.24. The van der Waals surface area contributed by atoms with Crippen LogP contribution >= 0.6 is 0 Å². The Morgan fingerprint density at radius 3 is 2.63 bits per heavy atom. The Labute approximate surface area is 114 Å². The molecule has 1 heterocycles. The molecule has 19 heavy (non-hydrogen) atoms. The predicted octanol–water partition coefficient (Wildman–Crippen LogP) is 2.62. The first-order chi connectivity index (χ1) is 9.13. The second kappa shape index (κ2) is 6.06. The van der Waals surface area contributed by atoms with Gasteiger partial charge in [0.1, 0.15) is 11.8 Å². The molecule has 1 aliphatic rings. The number of nitrogens with zero attached hydrogens (tertiary/aromatic N) is 1. The number of benzene rings is 1. The highest BCUT2D eigenvalue weighted by atomic mass is 16.5. The van der Waals surface area contributed by atoms with Crippen LogP contribution in [-0.4, -0.2) is 35.7 Å². The summed E-state index contributed by atoms with van der Waals surface area (Å²) in [6, 6.07) is 5.15. The van der Waals surface area contributed by atoms with Crippen molar-refractivity contribution >= 4 is 5.97 Å². The molecule has 1 aromatic rings. The maximum absolute atomic E-state index is 11.5. The summed E-state index contributed by atoms with van der Waals surface area (Å²) >= 11 is 0. The van der Waals surface area contributed by atoms with Gasteiger partial charge in [-0.3, -0.25) is 9.69 Å². The van der Waals surface area contributed by atoms with E-state index in [0.717, 1.165) is 42.8 Å². The quantitative estimate of drug-likeness (QED) is 0.887. The molecule has 0 aromatic heterocycles. The molecule has 1 atom stereocenters. The molecule has 1 unspecified atom stereocenters. The molecule has 4 heteroatoms. The van der Waals surface area contributed by atoms with Gasteiger partial charge in [-0.05, 0) is 57.0 Å². The molecule has 1 N–H and O–H groups in total. The number of ether oxygens (including phenoxy) is 1. The van der Waals surface area contributed by atoms with E-state index in [9.17, 15) is 9.90 Å². The number of aryl methyl sites for hydroxylation is 1. The SMILES string of the molecule is CCOc1ccc(C(C(=O)O)N2CCCC2)cc1C. The summed E-state index contributed by atoms with van der Waals surface area (Å²) in [5.41, 5.74) is 1.83. The van der Waals surface area contributed by atoms with Crippen molar-refractivity contribution in [3.8, 4) is 5.75 Å². The van der Waals surface area contributed by atoms with Gasteiger partial charge >= 0.3 is 5.97 Å². The topological polar surface area (TPSA) is 49.8 Å². The van der Waals surface area contributed by atoms with Gasteiger partial charge in [0.05, 0.1) is 6.61 Å². The van der Waals surface area contributed by atoms with Gasteiger partial charge in [0, 0.05) is 0 Å². The molecule has 104 valence electrons. The minimum absolute atomic E-state index is 0.531. The Morgan fingerprint density at radius 2 is 2.11 bits per heavy atom. The lowest BCUT2D eigenvalue weighted by atomic mass is 10.0. The van der Waals surface area contributed by atoms with Crippen LogP contribution in [0.25, 0.3) is 0 Å². The number of carbonyl (C=O) groups is 1. The third-order valence-electron chi connectivity index (χ3n) is 3.55. The molecule has 0 spiro atoms. The van der Waals surface area contributed by atoms with Gasteiger partial charge in [0.15, 0.2) is 0 Å². The van der Waals surface area contributed by atoms with Crippen molar-refractivity contribution in [2.24, 2.45) is 0 Å². The van der Waals surface area contributed by atoms with Crippen molar-refractivity contribution in [2.45, 2.75) is 32.7 Å². The third kappa shape index (κ3) is 3.07. The summed E-state index contributed by atoms with van der Waals surface area (Å²) < 4.78 is 5.50. The van der Waals surface area contributed by atoms with Crippen molar-refractivity contribution < 1.29 is 14.6 Å². The normalized spacial score (nSPS) is 17.4. The fourth-order valence-corrected chi connectivity index (χ4v) is 2.67. The zero-order valence-corrected chi connectivity index (χ0v) is 11.6. The van der Waals surface area contributed by atoms with Gasteiger partial charge in [-0.2, -0.15) is 0 Å². The van der Waals surface area contributed by atoms with Crippen molar-refractivity contribution in [1.82, 2.24) is 4.90 Å². The smallest absolute Gasteiger partial charge is 0.325 e. The van der Waals surface area contributed by atoms with E-state index in [1.165, 1.54) is 0 Å². The van der Waals surface area contributed by atoms with Gasteiger partial charge in [-0.1, -0.05) is 12.1 Å². The average molecular weight is 263 g/mol.